The Morgan fingerprint density at radius 1 is 1.33 bits per heavy atom. The summed E-state index contributed by atoms with van der Waals surface area (Å²) in [5, 5.41) is 10.8. The summed E-state index contributed by atoms with van der Waals surface area (Å²) in [7, 11) is -3.54. The molecule has 0 saturated heterocycles. The van der Waals surface area contributed by atoms with Crippen molar-refractivity contribution < 1.29 is 13.5 Å². The smallest absolute Gasteiger partial charge is 0.242 e. The van der Waals surface area contributed by atoms with Crippen molar-refractivity contribution in [2.75, 3.05) is 0 Å². The maximum absolute atomic E-state index is 12.3. The highest BCUT2D eigenvalue weighted by atomic mass is 32.2. The zero-order chi connectivity index (χ0) is 13.8. The minimum Gasteiger partial charge on any atom is -0.391 e. The monoisotopic (exact) mass is 289 g/mol. The first kappa shape index (κ1) is 14.0. The minimum atomic E-state index is -3.54. The van der Waals surface area contributed by atoms with Gasteiger partial charge in [0.1, 0.15) is 0 Å². The fraction of sp³-hybridized carbons (Fsp3) is 0.667. The Morgan fingerprint density at radius 2 is 1.89 bits per heavy atom. The fourth-order valence-corrected chi connectivity index (χ4v) is 5.22. The number of aliphatic hydroxyl groups excluding tert-OH is 1. The molecule has 0 amide bonds. The van der Waals surface area contributed by atoms with Crippen molar-refractivity contribution in [3.63, 3.8) is 0 Å². The molecule has 0 spiro atoms. The van der Waals surface area contributed by atoms with Crippen LogP contribution in [-0.4, -0.2) is 19.6 Å². The molecular weight excluding hydrogens is 270 g/mol. The lowest BCUT2D eigenvalue weighted by molar-refractivity contribution is 0.282. The molecule has 0 aliphatic heterocycles. The van der Waals surface area contributed by atoms with Crippen molar-refractivity contribution in [3.05, 3.63) is 16.3 Å². The highest BCUT2D eigenvalue weighted by molar-refractivity contribution is 7.89. The molecule has 0 radical (unpaired) electrons. The van der Waals surface area contributed by atoms with E-state index in [1.54, 1.807) is 11.4 Å². The molecule has 0 bridgehead atoms. The number of thiophene rings is 1. The second kappa shape index (κ2) is 4.03. The van der Waals surface area contributed by atoms with Crippen LogP contribution in [0.1, 0.15) is 32.6 Å². The fourth-order valence-electron chi connectivity index (χ4n) is 2.39. The normalized spacial score (nSPS) is 22.1. The van der Waals surface area contributed by atoms with Gasteiger partial charge in [0.2, 0.25) is 10.0 Å². The lowest BCUT2D eigenvalue weighted by Crippen LogP contribution is -2.30. The predicted molar refractivity (Wildman–Crippen MR) is 71.9 cm³/mol. The zero-order valence-corrected chi connectivity index (χ0v) is 12.7. The van der Waals surface area contributed by atoms with E-state index in [1.165, 1.54) is 11.3 Å². The first-order valence-corrected chi connectivity index (χ1v) is 8.20. The van der Waals surface area contributed by atoms with Crippen molar-refractivity contribution in [3.8, 4) is 0 Å². The van der Waals surface area contributed by atoms with Crippen LogP contribution in [0.5, 0.6) is 0 Å². The number of sulfonamides is 1. The van der Waals surface area contributed by atoms with Gasteiger partial charge in [0.25, 0.3) is 0 Å². The van der Waals surface area contributed by atoms with Gasteiger partial charge in [-0.2, -0.15) is 0 Å². The van der Waals surface area contributed by atoms with E-state index < -0.39 is 10.0 Å². The maximum atomic E-state index is 12.3. The molecule has 0 unspecified atom stereocenters. The summed E-state index contributed by atoms with van der Waals surface area (Å²) in [4.78, 5) is 0.687. The Kier molecular flexibility index (Phi) is 3.13. The van der Waals surface area contributed by atoms with Crippen molar-refractivity contribution in [2.45, 2.75) is 45.2 Å². The lowest BCUT2D eigenvalue weighted by Gasteiger charge is -2.08. The molecule has 6 heteroatoms. The molecule has 1 aromatic rings. The van der Waals surface area contributed by atoms with E-state index >= 15 is 0 Å². The van der Waals surface area contributed by atoms with Crippen LogP contribution in [0.4, 0.5) is 0 Å². The van der Waals surface area contributed by atoms with Crippen molar-refractivity contribution in [1.82, 2.24) is 4.72 Å². The first-order valence-electron chi connectivity index (χ1n) is 5.84. The van der Waals surface area contributed by atoms with Gasteiger partial charge in [0.15, 0.2) is 0 Å². The lowest BCUT2D eigenvalue weighted by atomic mass is 10.0. The molecular formula is C12H19NO3S2. The second-order valence-corrected chi connectivity index (χ2v) is 8.55. The van der Waals surface area contributed by atoms with E-state index in [0.717, 1.165) is 0 Å². The summed E-state index contributed by atoms with van der Waals surface area (Å²) in [6.45, 7) is 7.98. The van der Waals surface area contributed by atoms with Gasteiger partial charge < -0.3 is 5.11 Å². The average molecular weight is 289 g/mol. The molecule has 1 aliphatic carbocycles. The van der Waals surface area contributed by atoms with E-state index in [0.29, 0.717) is 4.88 Å². The Labute approximate surface area is 112 Å². The molecule has 1 aromatic heterocycles. The summed E-state index contributed by atoms with van der Waals surface area (Å²) in [6, 6.07) is 1.47. The third-order valence-corrected chi connectivity index (χ3v) is 6.97. The summed E-state index contributed by atoms with van der Waals surface area (Å²) < 4.78 is 27.3. The molecule has 1 saturated carbocycles. The Morgan fingerprint density at radius 3 is 2.33 bits per heavy atom. The molecule has 18 heavy (non-hydrogen) atoms. The van der Waals surface area contributed by atoms with Gasteiger partial charge in [0, 0.05) is 10.9 Å². The largest absolute Gasteiger partial charge is 0.391 e. The second-order valence-electron chi connectivity index (χ2n) is 5.86. The van der Waals surface area contributed by atoms with Gasteiger partial charge >= 0.3 is 0 Å². The molecule has 1 heterocycles. The van der Waals surface area contributed by atoms with Crippen LogP contribution >= 0.6 is 11.3 Å². The van der Waals surface area contributed by atoms with Crippen molar-refractivity contribution >= 4 is 21.4 Å². The number of hydrogen-bond acceptors (Lipinski definition) is 4. The molecule has 0 aromatic carbocycles. The number of nitrogens with one attached hydrogen (secondary N) is 1. The molecule has 1 fully saturated rings. The third kappa shape index (κ3) is 1.91. The molecule has 1 aliphatic rings. The quantitative estimate of drug-likeness (QED) is 0.890. The summed E-state index contributed by atoms with van der Waals surface area (Å²) in [5.41, 5.74) is -0.0923. The van der Waals surface area contributed by atoms with Gasteiger partial charge in [-0.1, -0.05) is 27.7 Å². The van der Waals surface area contributed by atoms with Crippen molar-refractivity contribution in [1.29, 1.82) is 0 Å². The molecule has 4 nitrogen and oxygen atoms in total. The van der Waals surface area contributed by atoms with Gasteiger partial charge in [-0.3, -0.25) is 0 Å². The third-order valence-electron chi connectivity index (χ3n) is 4.43. The number of rotatable bonds is 4. The highest BCUT2D eigenvalue weighted by Crippen LogP contribution is 2.63. The standard InChI is InChI=1S/C12H19NO3S2/c1-11(2)10(12(11,3)4)13-18(15,16)9-5-6-17-8(9)7-14/h5-6,10,13-14H,7H2,1-4H3. The van der Waals surface area contributed by atoms with Crippen LogP contribution in [0.15, 0.2) is 16.3 Å². The number of hydrogen-bond donors (Lipinski definition) is 2. The van der Waals surface area contributed by atoms with Crippen molar-refractivity contribution in [2.24, 2.45) is 10.8 Å². The molecule has 2 rings (SSSR count). The van der Waals surface area contributed by atoms with Crippen LogP contribution < -0.4 is 4.72 Å². The van der Waals surface area contributed by atoms with E-state index in [2.05, 4.69) is 32.4 Å². The SMILES string of the molecule is CC1(C)C(NS(=O)(=O)c2ccsc2CO)C1(C)C. The van der Waals surface area contributed by atoms with Crippen LogP contribution in [0.2, 0.25) is 0 Å². The summed E-state index contributed by atoms with van der Waals surface area (Å²) in [6.07, 6.45) is 0. The average Bonchev–Trinajstić information content (AvgIpc) is 2.68. The Balaban J connectivity index is 2.25. The Hall–Kier alpha value is -0.430. The van der Waals surface area contributed by atoms with Crippen LogP contribution in [0.3, 0.4) is 0 Å². The minimum absolute atomic E-state index is 0.0462. The van der Waals surface area contributed by atoms with Crippen LogP contribution in [0, 0.1) is 10.8 Å². The Bertz CT molecular complexity index is 544. The first-order chi connectivity index (χ1) is 8.14. The van der Waals surface area contributed by atoms with Gasteiger partial charge in [-0.25, -0.2) is 13.1 Å². The summed E-state index contributed by atoms with van der Waals surface area (Å²) in [5.74, 6) is 0. The van der Waals surface area contributed by atoms with E-state index in [-0.39, 0.29) is 28.4 Å². The van der Waals surface area contributed by atoms with E-state index in [4.69, 9.17) is 5.11 Å². The predicted octanol–water partition coefficient (Wildman–Crippen LogP) is 1.95. The highest BCUT2D eigenvalue weighted by Gasteiger charge is 2.66. The van der Waals surface area contributed by atoms with Gasteiger partial charge in [0.05, 0.1) is 11.5 Å². The van der Waals surface area contributed by atoms with Crippen LogP contribution in [0.25, 0.3) is 0 Å². The van der Waals surface area contributed by atoms with Gasteiger partial charge in [-0.15, -0.1) is 11.3 Å². The summed E-state index contributed by atoms with van der Waals surface area (Å²) >= 11 is 1.25. The number of aliphatic hydroxyl groups is 1. The van der Waals surface area contributed by atoms with Crippen LogP contribution in [-0.2, 0) is 16.6 Å². The molecule has 2 N–H and O–H groups in total. The maximum Gasteiger partial charge on any atom is 0.242 e. The topological polar surface area (TPSA) is 66.4 Å². The zero-order valence-electron chi connectivity index (χ0n) is 11.0. The van der Waals surface area contributed by atoms with E-state index in [1.807, 2.05) is 0 Å². The van der Waals surface area contributed by atoms with E-state index in [9.17, 15) is 8.42 Å². The van der Waals surface area contributed by atoms with Gasteiger partial charge in [-0.05, 0) is 22.3 Å². The molecule has 102 valence electrons. The molecule has 0 atom stereocenters.